The minimum Gasteiger partial charge on any atom is -0.166 e. The molecule has 3 rings (SSSR count). The Morgan fingerprint density at radius 3 is 2.47 bits per heavy atom. The Bertz CT molecular complexity index is 651. The molecule has 0 saturated carbocycles. The zero-order chi connectivity index (χ0) is 13.5. The van der Waals surface area contributed by atoms with Crippen LogP contribution in [0.4, 0.5) is 13.2 Å². The third-order valence-electron chi connectivity index (χ3n) is 3.33. The number of hydrogen-bond acceptors (Lipinski definition) is 0. The number of hydrogen-bond donors (Lipinski definition) is 0. The van der Waals surface area contributed by atoms with Crippen molar-refractivity contribution in [2.24, 2.45) is 0 Å². The summed E-state index contributed by atoms with van der Waals surface area (Å²) in [5.41, 5.74) is 3.11. The van der Waals surface area contributed by atoms with Crippen molar-refractivity contribution < 1.29 is 13.2 Å². The van der Waals surface area contributed by atoms with Gasteiger partial charge in [0.05, 0.1) is 5.56 Å². The van der Waals surface area contributed by atoms with Crippen LogP contribution in [-0.2, 0) is 12.6 Å². The topological polar surface area (TPSA) is 0 Å². The second-order valence-electron chi connectivity index (χ2n) is 4.56. The predicted molar refractivity (Wildman–Crippen MR) is 68.7 cm³/mol. The van der Waals surface area contributed by atoms with Crippen molar-refractivity contribution in [1.82, 2.24) is 0 Å². The lowest BCUT2D eigenvalue weighted by Gasteiger charge is -2.10. The van der Waals surface area contributed by atoms with Gasteiger partial charge in [-0.25, -0.2) is 0 Å². The van der Waals surface area contributed by atoms with E-state index in [9.17, 15) is 13.2 Å². The van der Waals surface area contributed by atoms with Gasteiger partial charge in [0, 0.05) is 0 Å². The van der Waals surface area contributed by atoms with Crippen molar-refractivity contribution in [2.45, 2.75) is 12.6 Å². The molecule has 0 unspecified atom stereocenters. The normalized spacial score (nSPS) is 14.2. The van der Waals surface area contributed by atoms with Crippen LogP contribution in [0.5, 0.6) is 0 Å². The van der Waals surface area contributed by atoms with Crippen LogP contribution in [0.25, 0.3) is 5.57 Å². The monoisotopic (exact) mass is 260 g/mol. The van der Waals surface area contributed by atoms with Crippen LogP contribution in [-0.4, -0.2) is 0 Å². The van der Waals surface area contributed by atoms with Crippen LogP contribution in [0.15, 0.2) is 54.6 Å². The maximum Gasteiger partial charge on any atom is 0.416 e. The van der Waals surface area contributed by atoms with Gasteiger partial charge < -0.3 is 0 Å². The molecule has 2 aromatic rings. The van der Waals surface area contributed by atoms with E-state index >= 15 is 0 Å². The van der Waals surface area contributed by atoms with E-state index in [0.717, 1.165) is 29.2 Å². The molecule has 0 nitrogen and oxygen atoms in total. The number of alkyl halides is 3. The molecule has 0 saturated heterocycles. The summed E-state index contributed by atoms with van der Waals surface area (Å²) in [5, 5.41) is 0. The molecule has 0 amide bonds. The molecule has 0 fully saturated rings. The maximum atomic E-state index is 12.7. The average molecular weight is 260 g/mol. The first-order valence-corrected chi connectivity index (χ1v) is 6.02. The number of halogens is 3. The van der Waals surface area contributed by atoms with E-state index in [2.05, 4.69) is 0 Å². The van der Waals surface area contributed by atoms with Gasteiger partial charge in [0.25, 0.3) is 0 Å². The summed E-state index contributed by atoms with van der Waals surface area (Å²) in [6.45, 7) is 0. The minimum absolute atomic E-state index is 0.602. The molecule has 1 aliphatic rings. The highest BCUT2D eigenvalue weighted by Crippen LogP contribution is 2.35. The van der Waals surface area contributed by atoms with E-state index in [1.54, 1.807) is 6.07 Å². The molecular weight excluding hydrogens is 249 g/mol. The van der Waals surface area contributed by atoms with E-state index in [1.807, 2.05) is 30.3 Å². The van der Waals surface area contributed by atoms with Gasteiger partial charge in [-0.2, -0.15) is 13.2 Å². The van der Waals surface area contributed by atoms with Crippen LogP contribution in [0.3, 0.4) is 0 Å². The average Bonchev–Trinajstić information content (AvgIpc) is 2.82. The van der Waals surface area contributed by atoms with Crippen molar-refractivity contribution >= 4 is 5.57 Å². The third-order valence-corrected chi connectivity index (χ3v) is 3.33. The Hall–Kier alpha value is -2.03. The lowest BCUT2D eigenvalue weighted by molar-refractivity contribution is -0.137. The van der Waals surface area contributed by atoms with E-state index in [4.69, 9.17) is 0 Å². The minimum atomic E-state index is -4.30. The van der Waals surface area contributed by atoms with Gasteiger partial charge in [0.2, 0.25) is 0 Å². The van der Waals surface area contributed by atoms with Crippen LogP contribution in [0.2, 0.25) is 0 Å². The highest BCUT2D eigenvalue weighted by molar-refractivity contribution is 5.84. The summed E-state index contributed by atoms with van der Waals surface area (Å²) in [5.74, 6) is 0. The first-order chi connectivity index (χ1) is 9.05. The van der Waals surface area contributed by atoms with E-state index in [0.29, 0.717) is 5.56 Å². The van der Waals surface area contributed by atoms with Crippen LogP contribution in [0.1, 0.15) is 22.3 Å². The number of fused-ring (bicyclic) bond motifs is 1. The Balaban J connectivity index is 2.06. The molecule has 0 spiro atoms. The van der Waals surface area contributed by atoms with Crippen LogP contribution in [0, 0.1) is 0 Å². The van der Waals surface area contributed by atoms with E-state index < -0.39 is 11.7 Å². The number of rotatable bonds is 1. The lowest BCUT2D eigenvalue weighted by atomic mass is 9.98. The fourth-order valence-corrected chi connectivity index (χ4v) is 2.42. The SMILES string of the molecule is FC(F)(F)c1cccc(C2=CCc3ccccc32)c1. The van der Waals surface area contributed by atoms with Gasteiger partial charge in [-0.1, -0.05) is 42.5 Å². The summed E-state index contributed by atoms with van der Waals surface area (Å²) in [6.07, 6.45) is -1.53. The van der Waals surface area contributed by atoms with Gasteiger partial charge in [0.15, 0.2) is 0 Å². The smallest absolute Gasteiger partial charge is 0.166 e. The van der Waals surface area contributed by atoms with E-state index in [-0.39, 0.29) is 0 Å². The molecule has 0 N–H and O–H groups in total. The molecule has 0 aromatic heterocycles. The Kier molecular flexibility index (Phi) is 2.70. The van der Waals surface area contributed by atoms with Gasteiger partial charge in [0.1, 0.15) is 0 Å². The maximum absolute atomic E-state index is 12.7. The molecule has 96 valence electrons. The first kappa shape index (κ1) is 12.0. The number of allylic oxidation sites excluding steroid dienone is 1. The zero-order valence-corrected chi connectivity index (χ0v) is 10.0. The van der Waals surface area contributed by atoms with Crippen LogP contribution < -0.4 is 0 Å². The van der Waals surface area contributed by atoms with Crippen LogP contribution >= 0.6 is 0 Å². The van der Waals surface area contributed by atoms with Gasteiger partial charge in [-0.3, -0.25) is 0 Å². The molecular formula is C16H11F3. The summed E-state index contributed by atoms with van der Waals surface area (Å²) in [6, 6.07) is 13.3. The quantitative estimate of drug-likeness (QED) is 0.697. The van der Waals surface area contributed by atoms with Crippen molar-refractivity contribution in [1.29, 1.82) is 0 Å². The summed E-state index contributed by atoms with van der Waals surface area (Å²) in [7, 11) is 0. The molecule has 2 aromatic carbocycles. The van der Waals surface area contributed by atoms with Gasteiger partial charge in [-0.15, -0.1) is 0 Å². The molecule has 0 atom stereocenters. The molecule has 1 aliphatic carbocycles. The Morgan fingerprint density at radius 2 is 1.68 bits per heavy atom. The Labute approximate surface area is 109 Å². The van der Waals surface area contributed by atoms with Crippen molar-refractivity contribution in [2.75, 3.05) is 0 Å². The molecule has 3 heteroatoms. The standard InChI is InChI=1S/C16H11F3/c17-16(18,19)13-6-3-5-12(10-13)15-9-8-11-4-1-2-7-14(11)15/h1-7,9-10H,8H2. The highest BCUT2D eigenvalue weighted by atomic mass is 19.4. The fourth-order valence-electron chi connectivity index (χ4n) is 2.42. The lowest BCUT2D eigenvalue weighted by Crippen LogP contribution is -2.05. The molecule has 0 aliphatic heterocycles. The Morgan fingerprint density at radius 1 is 0.895 bits per heavy atom. The second-order valence-corrected chi connectivity index (χ2v) is 4.56. The second kappa shape index (κ2) is 4.26. The van der Waals surface area contributed by atoms with Crippen molar-refractivity contribution in [3.8, 4) is 0 Å². The van der Waals surface area contributed by atoms with Gasteiger partial charge in [-0.05, 0) is 40.8 Å². The largest absolute Gasteiger partial charge is 0.416 e. The van der Waals surface area contributed by atoms with Gasteiger partial charge >= 0.3 is 6.18 Å². The fraction of sp³-hybridized carbons (Fsp3) is 0.125. The molecule has 0 bridgehead atoms. The highest BCUT2D eigenvalue weighted by Gasteiger charge is 2.30. The third kappa shape index (κ3) is 2.16. The summed E-state index contributed by atoms with van der Waals surface area (Å²) < 4.78 is 38.2. The molecule has 19 heavy (non-hydrogen) atoms. The summed E-state index contributed by atoms with van der Waals surface area (Å²) >= 11 is 0. The molecule has 0 heterocycles. The summed E-state index contributed by atoms with van der Waals surface area (Å²) in [4.78, 5) is 0. The number of benzene rings is 2. The zero-order valence-electron chi connectivity index (χ0n) is 10.0. The van der Waals surface area contributed by atoms with E-state index in [1.165, 1.54) is 12.1 Å². The first-order valence-electron chi connectivity index (χ1n) is 6.02. The predicted octanol–water partition coefficient (Wildman–Crippen LogP) is 4.69. The molecule has 0 radical (unpaired) electrons. The van der Waals surface area contributed by atoms with Crippen molar-refractivity contribution in [3.05, 3.63) is 76.9 Å². The van der Waals surface area contributed by atoms with Crippen molar-refractivity contribution in [3.63, 3.8) is 0 Å².